The van der Waals surface area contributed by atoms with E-state index in [1.54, 1.807) is 42.5 Å². The first kappa shape index (κ1) is 15.9. The Kier molecular flexibility index (Phi) is 5.38. The van der Waals surface area contributed by atoms with E-state index in [-0.39, 0.29) is 30.5 Å². The number of anilines is 1. The fraction of sp³-hybridized carbons (Fsp3) is 0.125. The Morgan fingerprint density at radius 2 is 1.73 bits per heavy atom. The minimum atomic E-state index is -0.294. The van der Waals surface area contributed by atoms with Crippen molar-refractivity contribution in [1.29, 1.82) is 0 Å². The number of benzene rings is 2. The van der Waals surface area contributed by atoms with E-state index in [4.69, 9.17) is 11.6 Å². The van der Waals surface area contributed by atoms with Crippen molar-refractivity contribution >= 4 is 29.1 Å². The summed E-state index contributed by atoms with van der Waals surface area (Å²) >= 11 is 5.75. The number of para-hydroxylation sites is 2. The number of halogens is 1. The van der Waals surface area contributed by atoms with E-state index >= 15 is 0 Å². The lowest BCUT2D eigenvalue weighted by Gasteiger charge is -2.08. The van der Waals surface area contributed by atoms with E-state index < -0.39 is 0 Å². The van der Waals surface area contributed by atoms with Gasteiger partial charge in [-0.25, -0.2) is 0 Å². The molecule has 114 valence electrons. The minimum absolute atomic E-state index is 0.000972. The maximum absolute atomic E-state index is 11.8. The van der Waals surface area contributed by atoms with E-state index in [2.05, 4.69) is 10.6 Å². The lowest BCUT2D eigenvalue weighted by atomic mass is 10.2. The first-order valence-electron chi connectivity index (χ1n) is 6.68. The fourth-order valence-electron chi connectivity index (χ4n) is 1.78. The summed E-state index contributed by atoms with van der Waals surface area (Å²) in [6, 6.07) is 12.9. The van der Waals surface area contributed by atoms with Crippen molar-refractivity contribution < 1.29 is 14.7 Å². The predicted molar refractivity (Wildman–Crippen MR) is 85.1 cm³/mol. The quantitative estimate of drug-likeness (QED) is 0.742. The van der Waals surface area contributed by atoms with Gasteiger partial charge >= 0.3 is 0 Å². The van der Waals surface area contributed by atoms with Gasteiger partial charge in [-0.05, 0) is 36.4 Å². The van der Waals surface area contributed by atoms with Crippen LogP contribution in [-0.4, -0.2) is 23.5 Å². The van der Waals surface area contributed by atoms with Crippen LogP contribution in [0.3, 0.4) is 0 Å². The zero-order valence-corrected chi connectivity index (χ0v) is 12.4. The summed E-state index contributed by atoms with van der Waals surface area (Å²) in [4.78, 5) is 23.6. The number of rotatable bonds is 5. The minimum Gasteiger partial charge on any atom is -0.506 e. The summed E-state index contributed by atoms with van der Waals surface area (Å²) in [7, 11) is 0. The second-order valence-corrected chi connectivity index (χ2v) is 5.01. The number of carbonyl (C=O) groups is 2. The molecule has 0 bridgehead atoms. The lowest BCUT2D eigenvalue weighted by Crippen LogP contribution is -2.27. The zero-order valence-electron chi connectivity index (χ0n) is 11.7. The van der Waals surface area contributed by atoms with Crippen LogP contribution in [0.5, 0.6) is 5.75 Å². The Balaban J connectivity index is 1.78. The summed E-state index contributed by atoms with van der Waals surface area (Å²) in [5.74, 6) is -0.564. The molecule has 0 spiro atoms. The van der Waals surface area contributed by atoms with Gasteiger partial charge in [0.25, 0.3) is 5.91 Å². The molecular formula is C16H15ClN2O3. The van der Waals surface area contributed by atoms with Crippen molar-refractivity contribution in [1.82, 2.24) is 5.32 Å². The highest BCUT2D eigenvalue weighted by atomic mass is 35.5. The highest BCUT2D eigenvalue weighted by Gasteiger charge is 2.08. The number of amides is 2. The number of phenols is 1. The number of hydrogen-bond acceptors (Lipinski definition) is 3. The Hall–Kier alpha value is -2.53. The molecule has 3 N–H and O–H groups in total. The number of carbonyl (C=O) groups excluding carboxylic acids is 2. The standard InChI is InChI=1S/C16H15ClN2O3/c17-12-7-5-11(6-8-12)16(22)18-10-9-15(21)19-13-3-1-2-4-14(13)20/h1-8,20H,9-10H2,(H,18,22)(H,19,21). The van der Waals surface area contributed by atoms with Gasteiger partial charge in [0.15, 0.2) is 0 Å². The molecule has 0 radical (unpaired) electrons. The smallest absolute Gasteiger partial charge is 0.251 e. The number of hydrogen-bond donors (Lipinski definition) is 3. The molecular weight excluding hydrogens is 304 g/mol. The molecule has 0 atom stereocenters. The lowest BCUT2D eigenvalue weighted by molar-refractivity contribution is -0.116. The highest BCUT2D eigenvalue weighted by molar-refractivity contribution is 6.30. The fourth-order valence-corrected chi connectivity index (χ4v) is 1.91. The molecule has 0 aliphatic rings. The van der Waals surface area contributed by atoms with Gasteiger partial charge < -0.3 is 15.7 Å². The van der Waals surface area contributed by atoms with E-state index in [1.165, 1.54) is 6.07 Å². The summed E-state index contributed by atoms with van der Waals surface area (Å²) in [5.41, 5.74) is 0.821. The maximum atomic E-state index is 11.8. The third-order valence-corrected chi connectivity index (χ3v) is 3.17. The Morgan fingerprint density at radius 3 is 2.41 bits per heavy atom. The molecule has 2 amide bonds. The van der Waals surface area contributed by atoms with E-state index in [1.807, 2.05) is 0 Å². The SMILES string of the molecule is O=C(CCNC(=O)c1ccc(Cl)cc1)Nc1ccccc1O. The highest BCUT2D eigenvalue weighted by Crippen LogP contribution is 2.21. The first-order chi connectivity index (χ1) is 10.6. The summed E-state index contributed by atoms with van der Waals surface area (Å²) < 4.78 is 0. The van der Waals surface area contributed by atoms with Gasteiger partial charge in [0.1, 0.15) is 5.75 Å². The first-order valence-corrected chi connectivity index (χ1v) is 7.05. The second-order valence-electron chi connectivity index (χ2n) is 4.58. The summed E-state index contributed by atoms with van der Waals surface area (Å²) in [6.45, 7) is 0.195. The zero-order chi connectivity index (χ0) is 15.9. The largest absolute Gasteiger partial charge is 0.506 e. The van der Waals surface area contributed by atoms with Crippen LogP contribution in [0.4, 0.5) is 5.69 Å². The monoisotopic (exact) mass is 318 g/mol. The van der Waals surface area contributed by atoms with E-state index in [0.717, 1.165) is 0 Å². The molecule has 0 aliphatic carbocycles. The number of nitrogens with one attached hydrogen (secondary N) is 2. The van der Waals surface area contributed by atoms with Gasteiger partial charge in [-0.3, -0.25) is 9.59 Å². The van der Waals surface area contributed by atoms with Crippen LogP contribution in [0.15, 0.2) is 48.5 Å². The molecule has 0 saturated carbocycles. The van der Waals surface area contributed by atoms with Gasteiger partial charge in [0.05, 0.1) is 5.69 Å². The Bertz CT molecular complexity index is 671. The summed E-state index contributed by atoms with van der Waals surface area (Å²) in [5, 5.41) is 15.3. The molecule has 2 rings (SSSR count). The molecule has 0 saturated heterocycles. The average molecular weight is 319 g/mol. The van der Waals surface area contributed by atoms with Gasteiger partial charge in [-0.15, -0.1) is 0 Å². The topological polar surface area (TPSA) is 78.4 Å². The molecule has 2 aromatic carbocycles. The average Bonchev–Trinajstić information content (AvgIpc) is 2.50. The second kappa shape index (κ2) is 7.47. The van der Waals surface area contributed by atoms with E-state index in [9.17, 15) is 14.7 Å². The molecule has 0 aliphatic heterocycles. The third-order valence-electron chi connectivity index (χ3n) is 2.92. The van der Waals surface area contributed by atoms with Crippen molar-refractivity contribution in [2.24, 2.45) is 0 Å². The number of phenolic OH excluding ortho intramolecular Hbond substituents is 1. The molecule has 0 heterocycles. The van der Waals surface area contributed by atoms with Crippen LogP contribution in [0.2, 0.25) is 5.02 Å². The molecule has 0 aromatic heterocycles. The molecule has 6 heteroatoms. The normalized spacial score (nSPS) is 10.0. The van der Waals surface area contributed by atoms with Crippen LogP contribution < -0.4 is 10.6 Å². The number of aromatic hydroxyl groups is 1. The molecule has 22 heavy (non-hydrogen) atoms. The van der Waals surface area contributed by atoms with Gasteiger partial charge in [-0.2, -0.15) is 0 Å². The third kappa shape index (κ3) is 4.49. The van der Waals surface area contributed by atoms with Crippen molar-refractivity contribution in [3.8, 4) is 5.75 Å². The molecule has 5 nitrogen and oxygen atoms in total. The van der Waals surface area contributed by atoms with Crippen LogP contribution >= 0.6 is 11.6 Å². The summed E-state index contributed by atoms with van der Waals surface area (Å²) in [6.07, 6.45) is 0.105. The molecule has 2 aromatic rings. The van der Waals surface area contributed by atoms with Crippen molar-refractivity contribution in [3.63, 3.8) is 0 Å². The van der Waals surface area contributed by atoms with Gasteiger partial charge in [0.2, 0.25) is 5.91 Å². The van der Waals surface area contributed by atoms with Crippen molar-refractivity contribution in [2.45, 2.75) is 6.42 Å². The van der Waals surface area contributed by atoms with Crippen LogP contribution in [0.25, 0.3) is 0 Å². The molecule has 0 fully saturated rings. The molecule has 0 unspecified atom stereocenters. The van der Waals surface area contributed by atoms with Crippen LogP contribution in [0, 0.1) is 0 Å². The van der Waals surface area contributed by atoms with Crippen molar-refractivity contribution in [3.05, 3.63) is 59.1 Å². The van der Waals surface area contributed by atoms with Gasteiger partial charge in [0, 0.05) is 23.6 Å². The van der Waals surface area contributed by atoms with Crippen LogP contribution in [-0.2, 0) is 4.79 Å². The van der Waals surface area contributed by atoms with Crippen molar-refractivity contribution in [2.75, 3.05) is 11.9 Å². The maximum Gasteiger partial charge on any atom is 0.251 e. The van der Waals surface area contributed by atoms with Crippen LogP contribution in [0.1, 0.15) is 16.8 Å². The Morgan fingerprint density at radius 1 is 1.05 bits per heavy atom. The van der Waals surface area contributed by atoms with E-state index in [0.29, 0.717) is 16.3 Å². The van der Waals surface area contributed by atoms with Gasteiger partial charge in [-0.1, -0.05) is 23.7 Å². The Labute approximate surface area is 132 Å². The predicted octanol–water partition coefficient (Wildman–Crippen LogP) is 2.80.